The van der Waals surface area contributed by atoms with Gasteiger partial charge in [-0.15, -0.1) is 0 Å². The minimum atomic E-state index is 0.200. The van der Waals surface area contributed by atoms with E-state index in [0.29, 0.717) is 18.5 Å². The SMILES string of the molecule is ClC1=NCN(Cc2ccncc2)C(Cl)=N1. The molecular weight excluding hydrogens is 235 g/mol. The van der Waals surface area contributed by atoms with E-state index in [2.05, 4.69) is 15.0 Å². The Hall–Kier alpha value is -1.13. The van der Waals surface area contributed by atoms with Crippen LogP contribution in [0.15, 0.2) is 34.5 Å². The summed E-state index contributed by atoms with van der Waals surface area (Å²) in [4.78, 5) is 13.6. The summed E-state index contributed by atoms with van der Waals surface area (Å²) >= 11 is 11.5. The Bertz CT molecular complexity index is 402. The minimum Gasteiger partial charge on any atom is -0.323 e. The molecule has 0 amide bonds. The van der Waals surface area contributed by atoms with Crippen molar-refractivity contribution in [2.45, 2.75) is 6.54 Å². The highest BCUT2D eigenvalue weighted by molar-refractivity contribution is 6.71. The van der Waals surface area contributed by atoms with Gasteiger partial charge in [0.2, 0.25) is 10.6 Å². The van der Waals surface area contributed by atoms with Crippen LogP contribution in [0, 0.1) is 0 Å². The highest BCUT2D eigenvalue weighted by atomic mass is 35.5. The van der Waals surface area contributed by atoms with Gasteiger partial charge in [-0.05, 0) is 40.9 Å². The van der Waals surface area contributed by atoms with Crippen LogP contribution in [0.25, 0.3) is 0 Å². The van der Waals surface area contributed by atoms with Crippen LogP contribution in [0.3, 0.4) is 0 Å². The lowest BCUT2D eigenvalue weighted by atomic mass is 10.2. The zero-order valence-electron chi connectivity index (χ0n) is 7.77. The highest BCUT2D eigenvalue weighted by Crippen LogP contribution is 2.11. The standard InChI is InChI=1S/C9H8Cl2N4/c10-8-13-6-15(9(11)14-8)5-7-1-3-12-4-2-7/h1-4H,5-6H2. The maximum absolute atomic E-state index is 5.92. The Kier molecular flexibility index (Phi) is 3.18. The molecule has 0 bridgehead atoms. The van der Waals surface area contributed by atoms with E-state index in [-0.39, 0.29) is 5.29 Å². The molecule has 1 aromatic rings. The fraction of sp³-hybridized carbons (Fsp3) is 0.222. The molecule has 15 heavy (non-hydrogen) atoms. The van der Waals surface area contributed by atoms with E-state index >= 15 is 0 Å². The van der Waals surface area contributed by atoms with Gasteiger partial charge >= 0.3 is 0 Å². The smallest absolute Gasteiger partial charge is 0.222 e. The maximum Gasteiger partial charge on any atom is 0.222 e. The van der Waals surface area contributed by atoms with Crippen molar-refractivity contribution in [1.82, 2.24) is 9.88 Å². The summed E-state index contributed by atoms with van der Waals surface area (Å²) in [5, 5.41) is 0.567. The molecule has 0 aliphatic carbocycles. The molecule has 1 aliphatic heterocycles. The summed E-state index contributed by atoms with van der Waals surface area (Å²) in [7, 11) is 0. The largest absolute Gasteiger partial charge is 0.323 e. The maximum atomic E-state index is 5.92. The zero-order valence-corrected chi connectivity index (χ0v) is 9.28. The first-order valence-corrected chi connectivity index (χ1v) is 5.09. The molecule has 0 spiro atoms. The highest BCUT2D eigenvalue weighted by Gasteiger charge is 2.13. The molecular formula is C9H8Cl2N4. The number of amidine groups is 2. The number of hydrogen-bond acceptors (Lipinski definition) is 4. The lowest BCUT2D eigenvalue weighted by Crippen LogP contribution is -2.30. The molecule has 0 unspecified atom stereocenters. The third-order valence-electron chi connectivity index (χ3n) is 1.94. The van der Waals surface area contributed by atoms with E-state index in [4.69, 9.17) is 23.2 Å². The van der Waals surface area contributed by atoms with E-state index in [1.54, 1.807) is 12.4 Å². The second-order valence-corrected chi connectivity index (χ2v) is 3.68. The summed E-state index contributed by atoms with van der Waals surface area (Å²) < 4.78 is 0. The average Bonchev–Trinajstić information content (AvgIpc) is 2.24. The normalized spacial score (nSPS) is 16.0. The lowest BCUT2D eigenvalue weighted by molar-refractivity contribution is 0.430. The average molecular weight is 243 g/mol. The fourth-order valence-electron chi connectivity index (χ4n) is 1.21. The number of aliphatic imine (C=N–C) groups is 2. The molecule has 0 saturated heterocycles. The van der Waals surface area contributed by atoms with Gasteiger partial charge in [-0.3, -0.25) is 4.98 Å². The zero-order chi connectivity index (χ0) is 10.7. The van der Waals surface area contributed by atoms with Crippen molar-refractivity contribution >= 4 is 33.8 Å². The van der Waals surface area contributed by atoms with Crippen LogP contribution < -0.4 is 0 Å². The van der Waals surface area contributed by atoms with E-state index in [1.807, 2.05) is 17.0 Å². The predicted octanol–water partition coefficient (Wildman–Crippen LogP) is 2.04. The first-order chi connectivity index (χ1) is 7.25. The fourth-order valence-corrected chi connectivity index (χ4v) is 1.58. The number of aromatic nitrogens is 1. The van der Waals surface area contributed by atoms with Gasteiger partial charge in [-0.1, -0.05) is 0 Å². The first-order valence-electron chi connectivity index (χ1n) is 4.34. The Labute approximate surface area is 97.3 Å². The van der Waals surface area contributed by atoms with Gasteiger partial charge in [0, 0.05) is 18.9 Å². The lowest BCUT2D eigenvalue weighted by Gasteiger charge is -2.22. The number of nitrogens with zero attached hydrogens (tertiary/aromatic N) is 4. The molecule has 0 radical (unpaired) electrons. The summed E-state index contributed by atoms with van der Waals surface area (Å²) in [5.41, 5.74) is 1.10. The third kappa shape index (κ3) is 2.67. The van der Waals surface area contributed by atoms with Gasteiger partial charge in [0.25, 0.3) is 0 Å². The van der Waals surface area contributed by atoms with Crippen molar-refractivity contribution in [2.24, 2.45) is 9.98 Å². The van der Waals surface area contributed by atoms with Crippen LogP contribution >= 0.6 is 23.2 Å². The van der Waals surface area contributed by atoms with E-state index in [9.17, 15) is 0 Å². The van der Waals surface area contributed by atoms with Crippen LogP contribution in [-0.4, -0.2) is 27.1 Å². The van der Waals surface area contributed by atoms with Gasteiger partial charge in [0.15, 0.2) is 0 Å². The first kappa shape index (κ1) is 10.4. The molecule has 78 valence electrons. The van der Waals surface area contributed by atoms with Crippen molar-refractivity contribution in [3.05, 3.63) is 30.1 Å². The van der Waals surface area contributed by atoms with Crippen LogP contribution in [0.5, 0.6) is 0 Å². The Morgan fingerprint density at radius 3 is 2.67 bits per heavy atom. The Morgan fingerprint density at radius 1 is 1.27 bits per heavy atom. The Morgan fingerprint density at radius 2 is 2.00 bits per heavy atom. The van der Waals surface area contributed by atoms with Gasteiger partial charge in [0.05, 0.1) is 0 Å². The minimum absolute atomic E-state index is 0.200. The van der Waals surface area contributed by atoms with Gasteiger partial charge in [0.1, 0.15) is 6.67 Å². The topological polar surface area (TPSA) is 40.9 Å². The molecule has 0 atom stereocenters. The van der Waals surface area contributed by atoms with Crippen molar-refractivity contribution in [2.75, 3.05) is 6.67 Å². The van der Waals surface area contributed by atoms with Gasteiger partial charge in [-0.25, -0.2) is 4.99 Å². The van der Waals surface area contributed by atoms with Gasteiger partial charge in [-0.2, -0.15) is 4.99 Å². The van der Waals surface area contributed by atoms with Crippen molar-refractivity contribution in [1.29, 1.82) is 0 Å². The molecule has 6 heteroatoms. The van der Waals surface area contributed by atoms with E-state index in [1.165, 1.54) is 0 Å². The van der Waals surface area contributed by atoms with Crippen molar-refractivity contribution < 1.29 is 0 Å². The van der Waals surface area contributed by atoms with E-state index < -0.39 is 0 Å². The molecule has 1 aliphatic rings. The van der Waals surface area contributed by atoms with Crippen LogP contribution in [-0.2, 0) is 6.54 Å². The van der Waals surface area contributed by atoms with E-state index in [0.717, 1.165) is 5.56 Å². The molecule has 1 aromatic heterocycles. The van der Waals surface area contributed by atoms with Crippen LogP contribution in [0.1, 0.15) is 5.56 Å². The van der Waals surface area contributed by atoms with Crippen LogP contribution in [0.4, 0.5) is 0 Å². The Balaban J connectivity index is 2.06. The number of halogens is 2. The number of pyridine rings is 1. The molecule has 2 rings (SSSR count). The second kappa shape index (κ2) is 4.59. The molecule has 0 N–H and O–H groups in total. The summed E-state index contributed by atoms with van der Waals surface area (Å²) in [6.45, 7) is 1.09. The monoisotopic (exact) mass is 242 g/mol. The summed E-state index contributed by atoms with van der Waals surface area (Å²) in [6, 6.07) is 3.84. The molecule has 2 heterocycles. The second-order valence-electron chi connectivity index (χ2n) is 3.00. The van der Waals surface area contributed by atoms with Crippen molar-refractivity contribution in [3.8, 4) is 0 Å². The van der Waals surface area contributed by atoms with Crippen molar-refractivity contribution in [3.63, 3.8) is 0 Å². The number of hydrogen-bond donors (Lipinski definition) is 0. The molecule has 0 aromatic carbocycles. The summed E-state index contributed by atoms with van der Waals surface area (Å²) in [5.74, 6) is 0. The molecule has 0 fully saturated rings. The third-order valence-corrected chi connectivity index (χ3v) is 2.47. The van der Waals surface area contributed by atoms with Gasteiger partial charge < -0.3 is 4.90 Å². The number of rotatable bonds is 2. The quantitative estimate of drug-likeness (QED) is 0.746. The summed E-state index contributed by atoms with van der Waals surface area (Å²) in [6.07, 6.45) is 3.47. The van der Waals surface area contributed by atoms with Crippen LogP contribution in [0.2, 0.25) is 0 Å². The molecule has 4 nitrogen and oxygen atoms in total. The molecule has 0 saturated carbocycles. The predicted molar refractivity (Wildman–Crippen MR) is 61.2 cm³/mol.